The Morgan fingerprint density at radius 3 is 2.94 bits per heavy atom. The molecule has 1 atom stereocenters. The average molecular weight is 238 g/mol. The maximum Gasteiger partial charge on any atom is 0.238 e. The van der Waals surface area contributed by atoms with Gasteiger partial charge in [-0.25, -0.2) is 0 Å². The number of H-pyrrole nitrogens is 1. The summed E-state index contributed by atoms with van der Waals surface area (Å²) in [5.41, 5.74) is 2.41. The van der Waals surface area contributed by atoms with Crippen LogP contribution in [0.2, 0.25) is 0 Å². The zero-order valence-electron chi connectivity index (χ0n) is 10.2. The Balaban J connectivity index is 1.89. The molecule has 6 heteroatoms. The molecule has 6 nitrogen and oxygen atoms in total. The van der Waals surface area contributed by atoms with E-state index in [2.05, 4.69) is 15.5 Å². The molecule has 1 aromatic heterocycles. The normalized spacial score (nSPS) is 20.8. The number of nitrogens with zero attached hydrogens (tertiary/aromatic N) is 2. The summed E-state index contributed by atoms with van der Waals surface area (Å²) in [4.78, 5) is 13.8. The van der Waals surface area contributed by atoms with Crippen molar-refractivity contribution in [2.45, 2.75) is 26.4 Å². The number of hydrogen-bond acceptors (Lipinski definition) is 4. The Kier molecular flexibility index (Phi) is 3.44. The van der Waals surface area contributed by atoms with Gasteiger partial charge in [0.2, 0.25) is 5.91 Å². The number of rotatable bonds is 3. The standard InChI is InChI=1S/C11H18N4O2/c1-7-11(8(2)14-13-7)12-10(17)6-15-4-3-9(16)5-15/h9,16H,3-6H2,1-2H3,(H,12,17)(H,13,14). The molecular formula is C11H18N4O2. The van der Waals surface area contributed by atoms with Crippen LogP contribution in [-0.2, 0) is 4.79 Å². The van der Waals surface area contributed by atoms with E-state index in [4.69, 9.17) is 0 Å². The van der Waals surface area contributed by atoms with Crippen LogP contribution >= 0.6 is 0 Å². The van der Waals surface area contributed by atoms with Crippen LogP contribution in [0.15, 0.2) is 0 Å². The minimum absolute atomic E-state index is 0.0632. The fourth-order valence-electron chi connectivity index (χ4n) is 2.07. The molecule has 0 aromatic carbocycles. The number of hydrogen-bond donors (Lipinski definition) is 3. The number of β-amino-alcohol motifs (C(OH)–C–C–N with tert-alkyl or cyclic N) is 1. The number of anilines is 1. The Bertz CT molecular complexity index is 396. The number of aliphatic hydroxyl groups excluding tert-OH is 1. The van der Waals surface area contributed by atoms with Gasteiger partial charge in [0.25, 0.3) is 0 Å². The van der Waals surface area contributed by atoms with Crippen molar-refractivity contribution in [2.75, 3.05) is 25.0 Å². The molecule has 1 amide bonds. The molecule has 0 spiro atoms. The van der Waals surface area contributed by atoms with E-state index in [1.807, 2.05) is 18.7 Å². The maximum atomic E-state index is 11.8. The minimum Gasteiger partial charge on any atom is -0.392 e. The van der Waals surface area contributed by atoms with Gasteiger partial charge in [0.15, 0.2) is 0 Å². The second-order valence-corrected chi connectivity index (χ2v) is 4.53. The lowest BCUT2D eigenvalue weighted by Crippen LogP contribution is -2.32. The molecule has 3 N–H and O–H groups in total. The molecule has 2 heterocycles. The second kappa shape index (κ2) is 4.85. The molecule has 17 heavy (non-hydrogen) atoms. The predicted octanol–water partition coefficient (Wildman–Crippen LogP) is 0.0316. The first kappa shape index (κ1) is 12.1. The molecule has 0 saturated carbocycles. The molecule has 0 bridgehead atoms. The van der Waals surface area contributed by atoms with Crippen molar-refractivity contribution in [3.63, 3.8) is 0 Å². The van der Waals surface area contributed by atoms with Crippen LogP contribution < -0.4 is 5.32 Å². The first-order valence-electron chi connectivity index (χ1n) is 5.78. The van der Waals surface area contributed by atoms with Crippen molar-refractivity contribution < 1.29 is 9.90 Å². The van der Waals surface area contributed by atoms with Crippen LogP contribution in [0.4, 0.5) is 5.69 Å². The van der Waals surface area contributed by atoms with E-state index < -0.39 is 0 Å². The minimum atomic E-state index is -0.291. The van der Waals surface area contributed by atoms with Gasteiger partial charge in [0.05, 0.1) is 29.7 Å². The highest BCUT2D eigenvalue weighted by atomic mass is 16.3. The van der Waals surface area contributed by atoms with Gasteiger partial charge in [-0.1, -0.05) is 0 Å². The number of aryl methyl sites for hydroxylation is 2. The van der Waals surface area contributed by atoms with Gasteiger partial charge < -0.3 is 10.4 Å². The number of carbonyl (C=O) groups excluding carboxylic acids is 1. The molecule has 94 valence electrons. The van der Waals surface area contributed by atoms with Crippen LogP contribution in [0.25, 0.3) is 0 Å². The number of amides is 1. The van der Waals surface area contributed by atoms with Gasteiger partial charge in [0, 0.05) is 13.1 Å². The number of nitrogens with one attached hydrogen (secondary N) is 2. The number of aromatic amines is 1. The van der Waals surface area contributed by atoms with Gasteiger partial charge in [-0.15, -0.1) is 0 Å². The number of aliphatic hydroxyl groups is 1. The van der Waals surface area contributed by atoms with Crippen molar-refractivity contribution in [1.82, 2.24) is 15.1 Å². The van der Waals surface area contributed by atoms with Crippen LogP contribution in [0.1, 0.15) is 17.8 Å². The van der Waals surface area contributed by atoms with Crippen molar-refractivity contribution in [1.29, 1.82) is 0 Å². The third-order valence-corrected chi connectivity index (χ3v) is 3.01. The SMILES string of the molecule is Cc1n[nH]c(C)c1NC(=O)CN1CCC(O)C1. The number of likely N-dealkylation sites (tertiary alicyclic amines) is 1. The van der Waals surface area contributed by atoms with Gasteiger partial charge in [-0.2, -0.15) is 5.10 Å². The van der Waals surface area contributed by atoms with Crippen LogP contribution in [0, 0.1) is 13.8 Å². The summed E-state index contributed by atoms with van der Waals surface area (Å²) in [6, 6.07) is 0. The quantitative estimate of drug-likeness (QED) is 0.694. The summed E-state index contributed by atoms with van der Waals surface area (Å²) in [7, 11) is 0. The van der Waals surface area contributed by atoms with Gasteiger partial charge >= 0.3 is 0 Å². The zero-order chi connectivity index (χ0) is 12.4. The highest BCUT2D eigenvalue weighted by Crippen LogP contribution is 2.16. The largest absolute Gasteiger partial charge is 0.392 e. The van der Waals surface area contributed by atoms with E-state index in [1.54, 1.807) is 0 Å². The third-order valence-electron chi connectivity index (χ3n) is 3.01. The molecule has 1 unspecified atom stereocenters. The van der Waals surface area contributed by atoms with Gasteiger partial charge in [-0.3, -0.25) is 14.8 Å². The number of aromatic nitrogens is 2. The monoisotopic (exact) mass is 238 g/mol. The summed E-state index contributed by atoms with van der Waals surface area (Å²) < 4.78 is 0. The lowest BCUT2D eigenvalue weighted by Gasteiger charge is -2.14. The number of carbonyl (C=O) groups is 1. The van der Waals surface area contributed by atoms with Crippen molar-refractivity contribution in [3.05, 3.63) is 11.4 Å². The van der Waals surface area contributed by atoms with Crippen LogP contribution in [-0.4, -0.2) is 51.8 Å². The Labute approximate surface area is 100 Å². The summed E-state index contributed by atoms with van der Waals surface area (Å²) in [5.74, 6) is -0.0632. The topological polar surface area (TPSA) is 81.2 Å². The predicted molar refractivity (Wildman–Crippen MR) is 63.8 cm³/mol. The van der Waals surface area contributed by atoms with Gasteiger partial charge in [-0.05, 0) is 20.3 Å². The van der Waals surface area contributed by atoms with Gasteiger partial charge in [0.1, 0.15) is 0 Å². The van der Waals surface area contributed by atoms with E-state index in [1.165, 1.54) is 0 Å². The Morgan fingerprint density at radius 2 is 2.41 bits per heavy atom. The summed E-state index contributed by atoms with van der Waals surface area (Å²) in [6.45, 7) is 5.39. The molecule has 0 radical (unpaired) electrons. The fourth-order valence-corrected chi connectivity index (χ4v) is 2.07. The third kappa shape index (κ3) is 2.83. The Morgan fingerprint density at radius 1 is 1.65 bits per heavy atom. The molecule has 2 rings (SSSR count). The second-order valence-electron chi connectivity index (χ2n) is 4.53. The molecule has 1 aliphatic heterocycles. The van der Waals surface area contributed by atoms with E-state index in [0.717, 1.165) is 30.0 Å². The molecule has 1 saturated heterocycles. The van der Waals surface area contributed by atoms with Crippen molar-refractivity contribution in [2.24, 2.45) is 0 Å². The van der Waals surface area contributed by atoms with E-state index in [0.29, 0.717) is 13.1 Å². The molecule has 0 aliphatic carbocycles. The smallest absolute Gasteiger partial charge is 0.238 e. The lowest BCUT2D eigenvalue weighted by atomic mass is 10.3. The van der Waals surface area contributed by atoms with Crippen LogP contribution in [0.5, 0.6) is 0 Å². The zero-order valence-corrected chi connectivity index (χ0v) is 10.2. The maximum absolute atomic E-state index is 11.8. The Hall–Kier alpha value is -1.40. The van der Waals surface area contributed by atoms with Crippen molar-refractivity contribution in [3.8, 4) is 0 Å². The molecule has 1 aromatic rings. The first-order chi connectivity index (χ1) is 8.06. The summed E-state index contributed by atoms with van der Waals surface area (Å²) >= 11 is 0. The van der Waals surface area contributed by atoms with E-state index in [-0.39, 0.29) is 12.0 Å². The summed E-state index contributed by atoms with van der Waals surface area (Å²) in [5, 5.41) is 19.1. The highest BCUT2D eigenvalue weighted by Gasteiger charge is 2.22. The highest BCUT2D eigenvalue weighted by molar-refractivity contribution is 5.93. The first-order valence-corrected chi connectivity index (χ1v) is 5.78. The van der Waals surface area contributed by atoms with E-state index in [9.17, 15) is 9.90 Å². The van der Waals surface area contributed by atoms with Crippen LogP contribution in [0.3, 0.4) is 0 Å². The molecule has 1 fully saturated rings. The van der Waals surface area contributed by atoms with E-state index >= 15 is 0 Å². The fraction of sp³-hybridized carbons (Fsp3) is 0.636. The molecular weight excluding hydrogens is 220 g/mol. The average Bonchev–Trinajstić information content (AvgIpc) is 2.79. The summed E-state index contributed by atoms with van der Waals surface area (Å²) in [6.07, 6.45) is 0.456. The van der Waals surface area contributed by atoms with Crippen molar-refractivity contribution >= 4 is 11.6 Å². The lowest BCUT2D eigenvalue weighted by molar-refractivity contribution is -0.117. The molecule has 1 aliphatic rings.